The van der Waals surface area contributed by atoms with Crippen molar-refractivity contribution in [2.45, 2.75) is 24.3 Å². The fraction of sp³-hybridized carbons (Fsp3) is 0.467. The second-order valence-electron chi connectivity index (χ2n) is 4.71. The minimum atomic E-state index is -3.62. The van der Waals surface area contributed by atoms with E-state index in [0.29, 0.717) is 31.7 Å². The normalized spacial score (nSPS) is 19.8. The van der Waals surface area contributed by atoms with Crippen LogP contribution in [0.1, 0.15) is 18.9 Å². The van der Waals surface area contributed by atoms with E-state index in [0.717, 1.165) is 0 Å². The average molecular weight is 309 g/mol. The maximum Gasteiger partial charge on any atom is 0.244 e. The van der Waals surface area contributed by atoms with Gasteiger partial charge in [0.2, 0.25) is 10.0 Å². The molecule has 1 saturated heterocycles. The lowest BCUT2D eigenvalue weighted by Gasteiger charge is -2.34. The van der Waals surface area contributed by atoms with Crippen molar-refractivity contribution < 1.29 is 18.3 Å². The van der Waals surface area contributed by atoms with E-state index in [9.17, 15) is 8.42 Å². The minimum Gasteiger partial charge on any atom is -0.384 e. The molecule has 21 heavy (non-hydrogen) atoms. The van der Waals surface area contributed by atoms with E-state index in [-0.39, 0.29) is 17.5 Å². The minimum absolute atomic E-state index is 0.150. The zero-order chi connectivity index (χ0) is 15.3. The molecule has 114 valence electrons. The molecule has 0 bridgehead atoms. The molecule has 1 atom stereocenters. The summed E-state index contributed by atoms with van der Waals surface area (Å²) in [5.41, 5.74) is 0.410. The van der Waals surface area contributed by atoms with Gasteiger partial charge in [0.1, 0.15) is 6.61 Å². The highest BCUT2D eigenvalue weighted by molar-refractivity contribution is 7.89. The van der Waals surface area contributed by atoms with Gasteiger partial charge in [0, 0.05) is 18.2 Å². The van der Waals surface area contributed by atoms with Gasteiger partial charge in [-0.1, -0.05) is 30.9 Å². The molecule has 1 aliphatic heterocycles. The Morgan fingerprint density at radius 1 is 1.43 bits per heavy atom. The number of nitrogens with zero attached hydrogens (tertiary/aromatic N) is 1. The Balaban J connectivity index is 2.44. The number of aliphatic hydroxyl groups is 1. The van der Waals surface area contributed by atoms with Gasteiger partial charge >= 0.3 is 0 Å². The summed E-state index contributed by atoms with van der Waals surface area (Å²) in [6.07, 6.45) is 0.698. The van der Waals surface area contributed by atoms with E-state index >= 15 is 0 Å². The third kappa shape index (κ3) is 3.44. The van der Waals surface area contributed by atoms with Gasteiger partial charge in [-0.2, -0.15) is 4.31 Å². The number of hydrogen-bond donors (Lipinski definition) is 1. The maximum absolute atomic E-state index is 12.9. The van der Waals surface area contributed by atoms with E-state index < -0.39 is 10.0 Å². The first-order valence-corrected chi connectivity index (χ1v) is 8.33. The van der Waals surface area contributed by atoms with E-state index in [1.165, 1.54) is 4.31 Å². The molecule has 0 radical (unpaired) electrons. The lowest BCUT2D eigenvalue weighted by atomic mass is 10.2. The standard InChI is InChI=1S/C15H19NO4S/c1-2-14-12-20-11-9-16(14)21(18,19)15-8-4-3-6-13(15)7-5-10-17/h3-4,6,8,14,17H,2,9-12H2,1H3. The second kappa shape index (κ2) is 7.05. The smallest absolute Gasteiger partial charge is 0.244 e. The van der Waals surface area contributed by atoms with Crippen LogP contribution in [0.4, 0.5) is 0 Å². The van der Waals surface area contributed by atoms with Crippen LogP contribution in [-0.4, -0.2) is 50.2 Å². The van der Waals surface area contributed by atoms with Crippen LogP contribution in [-0.2, 0) is 14.8 Å². The Kier molecular flexibility index (Phi) is 5.37. The SMILES string of the molecule is CCC1COCCN1S(=O)(=O)c1ccccc1C#CCO. The van der Waals surface area contributed by atoms with Gasteiger partial charge in [0.15, 0.2) is 0 Å². The van der Waals surface area contributed by atoms with Crippen molar-refractivity contribution in [2.24, 2.45) is 0 Å². The van der Waals surface area contributed by atoms with Crippen LogP contribution in [0, 0.1) is 11.8 Å². The Morgan fingerprint density at radius 2 is 2.19 bits per heavy atom. The van der Waals surface area contributed by atoms with Gasteiger partial charge in [-0.15, -0.1) is 0 Å². The predicted octanol–water partition coefficient (Wildman–Crippen LogP) is 0.830. The first-order valence-electron chi connectivity index (χ1n) is 6.89. The molecule has 1 unspecified atom stereocenters. The number of ether oxygens (including phenoxy) is 1. The van der Waals surface area contributed by atoms with Gasteiger partial charge in [0.05, 0.1) is 18.1 Å². The summed E-state index contributed by atoms with van der Waals surface area (Å²) in [6, 6.07) is 6.47. The monoisotopic (exact) mass is 309 g/mol. The van der Waals surface area contributed by atoms with Crippen LogP contribution in [0.25, 0.3) is 0 Å². The average Bonchev–Trinajstić information content (AvgIpc) is 2.53. The van der Waals surface area contributed by atoms with E-state index in [4.69, 9.17) is 9.84 Å². The Morgan fingerprint density at radius 3 is 2.90 bits per heavy atom. The van der Waals surface area contributed by atoms with Crippen LogP contribution in [0.3, 0.4) is 0 Å². The quantitative estimate of drug-likeness (QED) is 0.840. The third-order valence-electron chi connectivity index (χ3n) is 3.42. The lowest BCUT2D eigenvalue weighted by Crippen LogP contribution is -2.48. The molecule has 5 nitrogen and oxygen atoms in total. The molecule has 1 aliphatic rings. The summed E-state index contributed by atoms with van der Waals surface area (Å²) in [5.74, 6) is 5.21. The van der Waals surface area contributed by atoms with Gasteiger partial charge in [-0.05, 0) is 18.6 Å². The van der Waals surface area contributed by atoms with Gasteiger partial charge < -0.3 is 9.84 Å². The van der Waals surface area contributed by atoms with Crippen LogP contribution >= 0.6 is 0 Å². The van der Waals surface area contributed by atoms with Crippen LogP contribution in [0.15, 0.2) is 29.2 Å². The molecule has 1 N–H and O–H groups in total. The first-order chi connectivity index (χ1) is 10.1. The third-order valence-corrected chi connectivity index (χ3v) is 5.43. The van der Waals surface area contributed by atoms with Crippen LogP contribution in [0.5, 0.6) is 0 Å². The highest BCUT2D eigenvalue weighted by Gasteiger charge is 2.34. The van der Waals surface area contributed by atoms with Crippen molar-refractivity contribution in [3.63, 3.8) is 0 Å². The van der Waals surface area contributed by atoms with Crippen molar-refractivity contribution in [2.75, 3.05) is 26.4 Å². The molecule has 0 spiro atoms. The predicted molar refractivity (Wildman–Crippen MR) is 79.2 cm³/mol. The molecule has 1 fully saturated rings. The molecule has 1 heterocycles. The molecule has 0 amide bonds. The summed E-state index contributed by atoms with van der Waals surface area (Å²) in [7, 11) is -3.62. The zero-order valence-electron chi connectivity index (χ0n) is 11.9. The van der Waals surface area contributed by atoms with E-state index in [2.05, 4.69) is 11.8 Å². The van der Waals surface area contributed by atoms with Crippen molar-refractivity contribution in [1.29, 1.82) is 0 Å². The summed E-state index contributed by atoms with van der Waals surface area (Å²) in [5, 5.41) is 8.80. The number of sulfonamides is 1. The molecule has 0 aliphatic carbocycles. The molecule has 0 aromatic heterocycles. The van der Waals surface area contributed by atoms with E-state index in [1.54, 1.807) is 24.3 Å². The largest absolute Gasteiger partial charge is 0.384 e. The molecular weight excluding hydrogens is 290 g/mol. The number of benzene rings is 1. The zero-order valence-corrected chi connectivity index (χ0v) is 12.8. The second-order valence-corrected chi connectivity index (χ2v) is 6.57. The van der Waals surface area contributed by atoms with Gasteiger partial charge in [-0.25, -0.2) is 8.42 Å². The lowest BCUT2D eigenvalue weighted by molar-refractivity contribution is 0.0314. The molecule has 0 saturated carbocycles. The number of morpholine rings is 1. The number of rotatable bonds is 3. The first kappa shape index (κ1) is 16.0. The van der Waals surface area contributed by atoms with Crippen LogP contribution < -0.4 is 0 Å². The Labute approximate surface area is 125 Å². The van der Waals surface area contributed by atoms with Crippen molar-refractivity contribution in [1.82, 2.24) is 4.31 Å². The van der Waals surface area contributed by atoms with Gasteiger partial charge in [0.25, 0.3) is 0 Å². The molecule has 1 aromatic carbocycles. The van der Waals surface area contributed by atoms with Crippen molar-refractivity contribution >= 4 is 10.0 Å². The highest BCUT2D eigenvalue weighted by atomic mass is 32.2. The Hall–Kier alpha value is -1.39. The summed E-state index contributed by atoms with van der Waals surface area (Å²) in [4.78, 5) is 0.186. The molecule has 1 aromatic rings. The number of hydrogen-bond acceptors (Lipinski definition) is 4. The van der Waals surface area contributed by atoms with Crippen molar-refractivity contribution in [3.05, 3.63) is 29.8 Å². The summed E-state index contributed by atoms with van der Waals surface area (Å²) in [6.45, 7) is 2.81. The topological polar surface area (TPSA) is 66.8 Å². The molecule has 6 heteroatoms. The molecular formula is C15H19NO4S. The fourth-order valence-corrected chi connectivity index (χ4v) is 4.15. The van der Waals surface area contributed by atoms with Crippen LogP contribution in [0.2, 0.25) is 0 Å². The van der Waals surface area contributed by atoms with Crippen molar-refractivity contribution in [3.8, 4) is 11.8 Å². The summed E-state index contributed by atoms with van der Waals surface area (Å²) < 4.78 is 32.6. The Bertz CT molecular complexity index is 645. The maximum atomic E-state index is 12.9. The number of aliphatic hydroxyl groups excluding tert-OH is 1. The van der Waals surface area contributed by atoms with E-state index in [1.807, 2.05) is 6.92 Å². The summed E-state index contributed by atoms with van der Waals surface area (Å²) >= 11 is 0. The fourth-order valence-electron chi connectivity index (χ4n) is 2.33. The molecule has 2 rings (SSSR count). The van der Waals surface area contributed by atoms with Gasteiger partial charge in [-0.3, -0.25) is 0 Å². The highest BCUT2D eigenvalue weighted by Crippen LogP contribution is 2.24.